The van der Waals surface area contributed by atoms with E-state index in [1.165, 1.54) is 7.11 Å². The van der Waals surface area contributed by atoms with Crippen molar-refractivity contribution in [2.45, 2.75) is 25.9 Å². The van der Waals surface area contributed by atoms with Gasteiger partial charge in [0.05, 0.1) is 20.1 Å². The van der Waals surface area contributed by atoms with E-state index in [-0.39, 0.29) is 18.5 Å². The van der Waals surface area contributed by atoms with Gasteiger partial charge in [0, 0.05) is 0 Å². The molecule has 3 aromatic carbocycles. The highest BCUT2D eigenvalue weighted by Crippen LogP contribution is 2.27. The predicted molar refractivity (Wildman–Crippen MR) is 111 cm³/mol. The highest BCUT2D eigenvalue weighted by Gasteiger charge is 2.12. The fourth-order valence-electron chi connectivity index (χ4n) is 3.05. The van der Waals surface area contributed by atoms with Crippen LogP contribution in [0.15, 0.2) is 66.7 Å². The van der Waals surface area contributed by atoms with Crippen molar-refractivity contribution in [1.82, 2.24) is 0 Å². The molecule has 0 aliphatic rings. The van der Waals surface area contributed by atoms with Crippen LogP contribution in [-0.2, 0) is 25.7 Å². The third-order valence-corrected chi connectivity index (χ3v) is 4.67. The van der Waals surface area contributed by atoms with Gasteiger partial charge >= 0.3 is 11.9 Å². The number of carbonyl (C=O) groups is 2. The van der Waals surface area contributed by atoms with E-state index in [2.05, 4.69) is 0 Å². The molecule has 0 aromatic heterocycles. The Morgan fingerprint density at radius 3 is 2.38 bits per heavy atom. The molecule has 0 fully saturated rings. The van der Waals surface area contributed by atoms with Crippen LogP contribution >= 0.6 is 0 Å². The molecule has 0 spiro atoms. The van der Waals surface area contributed by atoms with E-state index in [4.69, 9.17) is 14.2 Å². The number of esters is 2. The van der Waals surface area contributed by atoms with Gasteiger partial charge in [-0.3, -0.25) is 4.79 Å². The van der Waals surface area contributed by atoms with Crippen LogP contribution in [0.4, 0.5) is 0 Å². The van der Waals surface area contributed by atoms with Crippen LogP contribution in [0, 0.1) is 0 Å². The minimum absolute atomic E-state index is 0.0612. The van der Waals surface area contributed by atoms with E-state index >= 15 is 0 Å². The summed E-state index contributed by atoms with van der Waals surface area (Å²) < 4.78 is 15.5. The lowest BCUT2D eigenvalue weighted by Gasteiger charge is -2.12. The molecule has 1 unspecified atom stereocenters. The first-order valence-corrected chi connectivity index (χ1v) is 9.48. The van der Waals surface area contributed by atoms with Gasteiger partial charge in [-0.05, 0) is 39.9 Å². The first-order valence-electron chi connectivity index (χ1n) is 9.48. The lowest BCUT2D eigenvalue weighted by molar-refractivity contribution is -0.141. The summed E-state index contributed by atoms with van der Waals surface area (Å²) in [4.78, 5) is 23.5. The maximum atomic E-state index is 12.0. The average molecular weight is 392 g/mol. The number of carbonyl (C=O) groups excluding carboxylic acids is 2. The zero-order valence-electron chi connectivity index (χ0n) is 16.6. The van der Waals surface area contributed by atoms with E-state index < -0.39 is 5.97 Å². The van der Waals surface area contributed by atoms with Crippen molar-refractivity contribution in [1.29, 1.82) is 0 Å². The fraction of sp³-hybridized carbons (Fsp3) is 0.250. The molecule has 3 rings (SSSR count). The Kier molecular flexibility index (Phi) is 6.98. The normalized spacial score (nSPS) is 11.8. The van der Waals surface area contributed by atoms with E-state index in [0.717, 1.165) is 21.9 Å². The van der Waals surface area contributed by atoms with Gasteiger partial charge in [-0.15, -0.1) is 0 Å². The Balaban J connectivity index is 1.58. The molecule has 0 aliphatic carbocycles. The van der Waals surface area contributed by atoms with Gasteiger partial charge < -0.3 is 14.2 Å². The molecule has 0 amide bonds. The van der Waals surface area contributed by atoms with Crippen molar-refractivity contribution in [2.75, 3.05) is 13.7 Å². The van der Waals surface area contributed by atoms with Crippen molar-refractivity contribution < 1.29 is 23.8 Å². The summed E-state index contributed by atoms with van der Waals surface area (Å²) in [6.45, 7) is 2.24. The molecule has 1 atom stereocenters. The smallest absolute Gasteiger partial charge is 0.337 e. The van der Waals surface area contributed by atoms with E-state index in [1.54, 1.807) is 6.07 Å². The maximum Gasteiger partial charge on any atom is 0.337 e. The standard InChI is InChI=1S/C24H24O5/c1-17(12-23(25)27-2)19-8-9-21-14-22(11-10-20(21)13-19)29-24(26)16-28-15-18-6-4-3-5-7-18/h3-11,13-14,17H,12,15-16H2,1-2H3. The van der Waals surface area contributed by atoms with Crippen LogP contribution in [0.25, 0.3) is 10.8 Å². The van der Waals surface area contributed by atoms with Crippen LogP contribution in [0.1, 0.15) is 30.4 Å². The number of hydrogen-bond donors (Lipinski definition) is 0. The molecule has 0 saturated carbocycles. The quantitative estimate of drug-likeness (QED) is 0.413. The van der Waals surface area contributed by atoms with Crippen LogP contribution < -0.4 is 4.74 Å². The Morgan fingerprint density at radius 1 is 0.897 bits per heavy atom. The number of benzene rings is 3. The molecule has 0 saturated heterocycles. The van der Waals surface area contributed by atoms with Gasteiger partial charge in [0.25, 0.3) is 0 Å². The molecule has 0 bridgehead atoms. The maximum absolute atomic E-state index is 12.0. The Bertz CT molecular complexity index is 981. The summed E-state index contributed by atoms with van der Waals surface area (Å²) in [5.74, 6) is -0.134. The third-order valence-electron chi connectivity index (χ3n) is 4.67. The van der Waals surface area contributed by atoms with E-state index in [0.29, 0.717) is 18.8 Å². The van der Waals surface area contributed by atoms with Gasteiger partial charge in [-0.1, -0.05) is 61.5 Å². The van der Waals surface area contributed by atoms with Crippen LogP contribution in [-0.4, -0.2) is 25.7 Å². The predicted octanol–water partition coefficient (Wildman–Crippen LogP) is 4.63. The minimum Gasteiger partial charge on any atom is -0.469 e. The first kappa shape index (κ1) is 20.6. The van der Waals surface area contributed by atoms with Crippen LogP contribution in [0.2, 0.25) is 0 Å². The van der Waals surface area contributed by atoms with Crippen molar-refractivity contribution in [2.24, 2.45) is 0 Å². The second-order valence-electron chi connectivity index (χ2n) is 6.90. The number of ether oxygens (including phenoxy) is 3. The van der Waals surface area contributed by atoms with Crippen LogP contribution in [0.5, 0.6) is 5.75 Å². The summed E-state index contributed by atoms with van der Waals surface area (Å²) in [6, 6.07) is 21.1. The lowest BCUT2D eigenvalue weighted by atomic mass is 9.95. The lowest BCUT2D eigenvalue weighted by Crippen LogP contribution is -2.15. The molecule has 5 heteroatoms. The molecule has 0 radical (unpaired) electrons. The summed E-state index contributed by atoms with van der Waals surface area (Å²) in [6.07, 6.45) is 0.334. The highest BCUT2D eigenvalue weighted by atomic mass is 16.6. The van der Waals surface area contributed by atoms with Gasteiger partial charge in [-0.25, -0.2) is 4.79 Å². The number of fused-ring (bicyclic) bond motifs is 1. The molecule has 29 heavy (non-hydrogen) atoms. The number of methoxy groups -OCH3 is 1. The average Bonchev–Trinajstić information content (AvgIpc) is 2.74. The van der Waals surface area contributed by atoms with Crippen molar-refractivity contribution in [3.63, 3.8) is 0 Å². The third kappa shape index (κ3) is 5.90. The molecule has 3 aromatic rings. The Labute approximate surface area is 170 Å². The minimum atomic E-state index is -0.441. The molecule has 0 heterocycles. The van der Waals surface area contributed by atoms with Gasteiger partial charge in [-0.2, -0.15) is 0 Å². The fourth-order valence-corrected chi connectivity index (χ4v) is 3.05. The van der Waals surface area contributed by atoms with Crippen molar-refractivity contribution in [3.05, 3.63) is 77.9 Å². The summed E-state index contributed by atoms with van der Waals surface area (Å²) in [7, 11) is 1.39. The Morgan fingerprint density at radius 2 is 1.62 bits per heavy atom. The number of hydrogen-bond acceptors (Lipinski definition) is 5. The molecular weight excluding hydrogens is 368 g/mol. The summed E-state index contributed by atoms with van der Waals surface area (Å²) in [5.41, 5.74) is 2.06. The second kappa shape index (κ2) is 9.85. The first-order chi connectivity index (χ1) is 14.0. The zero-order chi connectivity index (χ0) is 20.6. The molecule has 0 N–H and O–H groups in total. The SMILES string of the molecule is COC(=O)CC(C)c1ccc2cc(OC(=O)COCc3ccccc3)ccc2c1. The van der Waals surface area contributed by atoms with Crippen molar-refractivity contribution >= 4 is 22.7 Å². The topological polar surface area (TPSA) is 61.8 Å². The summed E-state index contributed by atoms with van der Waals surface area (Å²) >= 11 is 0. The highest BCUT2D eigenvalue weighted by molar-refractivity contribution is 5.86. The second-order valence-corrected chi connectivity index (χ2v) is 6.90. The monoisotopic (exact) mass is 392 g/mol. The molecule has 0 aliphatic heterocycles. The number of rotatable bonds is 8. The Hall–Kier alpha value is -3.18. The van der Waals surface area contributed by atoms with Crippen LogP contribution in [0.3, 0.4) is 0 Å². The molecule has 5 nitrogen and oxygen atoms in total. The zero-order valence-corrected chi connectivity index (χ0v) is 16.6. The van der Waals surface area contributed by atoms with E-state index in [1.807, 2.05) is 67.6 Å². The van der Waals surface area contributed by atoms with Gasteiger partial charge in [0.1, 0.15) is 12.4 Å². The molecular formula is C24H24O5. The molecule has 150 valence electrons. The van der Waals surface area contributed by atoms with Gasteiger partial charge in [0.15, 0.2) is 0 Å². The van der Waals surface area contributed by atoms with Gasteiger partial charge in [0.2, 0.25) is 0 Å². The van der Waals surface area contributed by atoms with Crippen molar-refractivity contribution in [3.8, 4) is 5.75 Å². The van der Waals surface area contributed by atoms with E-state index in [9.17, 15) is 9.59 Å². The summed E-state index contributed by atoms with van der Waals surface area (Å²) in [5, 5.41) is 1.97. The largest absolute Gasteiger partial charge is 0.469 e.